The average molecular weight is 524 g/mol. The van der Waals surface area contributed by atoms with Crippen LogP contribution in [-0.4, -0.2) is 87.0 Å². The van der Waals surface area contributed by atoms with Gasteiger partial charge in [-0.05, 0) is 42.9 Å². The fourth-order valence-corrected chi connectivity index (χ4v) is 2.48. The molecule has 0 radical (unpaired) electrons. The normalized spacial score (nSPS) is 11.2. The third kappa shape index (κ3) is 10.1. The SMILES string of the molecule is CC(C)CCOC(=O)c1cc(C(=O)OCCC(C)C)cc(S(=O)(=O)O)c1.[Ba+2]. The minimum Gasteiger partial charge on any atom is -0.462 e. The van der Waals surface area contributed by atoms with Crippen molar-refractivity contribution in [2.45, 2.75) is 45.4 Å². The monoisotopic (exact) mass is 524 g/mol. The van der Waals surface area contributed by atoms with Gasteiger partial charge >= 0.3 is 60.8 Å². The summed E-state index contributed by atoms with van der Waals surface area (Å²) in [7, 11) is -4.60. The molecule has 146 valence electrons. The molecule has 0 unspecified atom stereocenters. The predicted octanol–water partition coefficient (Wildman–Crippen LogP) is 2.96. The van der Waals surface area contributed by atoms with Gasteiger partial charge in [0.15, 0.2) is 0 Å². The minimum absolute atomic E-state index is 0. The molecule has 0 heterocycles. The van der Waals surface area contributed by atoms with Crippen molar-refractivity contribution < 1.29 is 32.0 Å². The molecule has 0 saturated heterocycles. The number of carbonyl (C=O) groups is 2. The van der Waals surface area contributed by atoms with Gasteiger partial charge in [-0.15, -0.1) is 0 Å². The van der Waals surface area contributed by atoms with Crippen molar-refractivity contribution in [3.05, 3.63) is 29.3 Å². The van der Waals surface area contributed by atoms with Crippen molar-refractivity contribution in [1.82, 2.24) is 0 Å². The number of hydrogen-bond donors (Lipinski definition) is 1. The first-order chi connectivity index (χ1) is 12.0. The third-order valence-corrected chi connectivity index (χ3v) is 4.36. The molecule has 27 heavy (non-hydrogen) atoms. The van der Waals surface area contributed by atoms with E-state index >= 15 is 0 Å². The number of carbonyl (C=O) groups excluding carboxylic acids is 2. The van der Waals surface area contributed by atoms with E-state index in [0.29, 0.717) is 24.7 Å². The summed E-state index contributed by atoms with van der Waals surface area (Å²) in [6.07, 6.45) is 1.29. The van der Waals surface area contributed by atoms with Gasteiger partial charge in [-0.3, -0.25) is 4.55 Å². The van der Waals surface area contributed by atoms with Crippen LogP contribution in [0.15, 0.2) is 23.1 Å². The molecule has 0 aliphatic heterocycles. The van der Waals surface area contributed by atoms with Crippen LogP contribution in [0.5, 0.6) is 0 Å². The van der Waals surface area contributed by atoms with E-state index in [-0.39, 0.29) is 73.2 Å². The Bertz CT molecular complexity index is 698. The molecule has 0 aliphatic carbocycles. The summed E-state index contributed by atoms with van der Waals surface area (Å²) in [5.41, 5.74) is -0.278. The van der Waals surface area contributed by atoms with Gasteiger partial charge in [0.25, 0.3) is 10.1 Å². The van der Waals surface area contributed by atoms with Crippen molar-refractivity contribution in [2.75, 3.05) is 13.2 Å². The maximum absolute atomic E-state index is 12.1. The maximum Gasteiger partial charge on any atom is 2.00 e. The Balaban J connectivity index is 0.00000676. The molecule has 1 rings (SSSR count). The molecule has 0 aromatic heterocycles. The number of benzene rings is 1. The molecule has 1 aromatic rings. The summed E-state index contributed by atoms with van der Waals surface area (Å²) in [5, 5.41) is 0. The average Bonchev–Trinajstić information content (AvgIpc) is 2.52. The van der Waals surface area contributed by atoms with Gasteiger partial charge in [0.2, 0.25) is 0 Å². The number of esters is 2. The van der Waals surface area contributed by atoms with Gasteiger partial charge < -0.3 is 9.47 Å². The number of ether oxygens (including phenoxy) is 2. The fourth-order valence-electron chi connectivity index (χ4n) is 1.93. The van der Waals surface area contributed by atoms with Gasteiger partial charge in [0.1, 0.15) is 0 Å². The van der Waals surface area contributed by atoms with E-state index in [1.54, 1.807) is 0 Å². The zero-order chi connectivity index (χ0) is 19.9. The minimum atomic E-state index is -4.60. The van der Waals surface area contributed by atoms with E-state index in [4.69, 9.17) is 9.47 Å². The van der Waals surface area contributed by atoms with Crippen molar-refractivity contribution >= 4 is 70.9 Å². The van der Waals surface area contributed by atoms with Crippen LogP contribution < -0.4 is 0 Å². The smallest absolute Gasteiger partial charge is 0.462 e. The molecule has 1 aromatic carbocycles. The largest absolute Gasteiger partial charge is 2.00 e. The first kappa shape index (κ1) is 26.6. The molecule has 9 heteroatoms. The van der Waals surface area contributed by atoms with E-state index in [1.807, 2.05) is 27.7 Å². The summed E-state index contributed by atoms with van der Waals surface area (Å²) < 4.78 is 42.3. The molecule has 0 spiro atoms. The second-order valence-electron chi connectivity index (χ2n) is 6.86. The number of rotatable bonds is 9. The van der Waals surface area contributed by atoms with E-state index in [9.17, 15) is 22.6 Å². The van der Waals surface area contributed by atoms with Crippen molar-refractivity contribution in [3.63, 3.8) is 0 Å². The summed E-state index contributed by atoms with van der Waals surface area (Å²) >= 11 is 0. The van der Waals surface area contributed by atoms with E-state index in [0.717, 1.165) is 12.1 Å². The molecule has 0 amide bonds. The Morgan fingerprint density at radius 1 is 0.889 bits per heavy atom. The van der Waals surface area contributed by atoms with Gasteiger partial charge in [-0.25, -0.2) is 9.59 Å². The summed E-state index contributed by atoms with van der Waals surface area (Å²) in [6.45, 7) is 8.22. The van der Waals surface area contributed by atoms with Crippen LogP contribution in [-0.2, 0) is 19.6 Å². The summed E-state index contributed by atoms with van der Waals surface area (Å²) in [5.74, 6) is -0.878. The Morgan fingerprint density at radius 2 is 1.26 bits per heavy atom. The van der Waals surface area contributed by atoms with Crippen molar-refractivity contribution in [2.24, 2.45) is 11.8 Å². The van der Waals surface area contributed by atoms with Crippen molar-refractivity contribution in [1.29, 1.82) is 0 Å². The molecular formula is C18H26BaO7S+2. The number of hydrogen-bond acceptors (Lipinski definition) is 6. The van der Waals surface area contributed by atoms with E-state index in [1.165, 1.54) is 6.07 Å². The molecule has 0 saturated carbocycles. The second-order valence-corrected chi connectivity index (χ2v) is 8.28. The van der Waals surface area contributed by atoms with Crippen LogP contribution in [0.2, 0.25) is 0 Å². The molecule has 0 aliphatic rings. The third-order valence-electron chi connectivity index (χ3n) is 3.53. The predicted molar refractivity (Wildman–Crippen MR) is 101 cm³/mol. The van der Waals surface area contributed by atoms with Crippen LogP contribution in [0.1, 0.15) is 61.3 Å². The zero-order valence-corrected chi connectivity index (χ0v) is 21.5. The molecular weight excluding hydrogens is 498 g/mol. The standard InChI is InChI=1S/C18H26O7S.Ba/c1-12(2)5-7-24-17(19)14-9-15(11-16(10-14)26(21,22)23)18(20)25-8-6-13(3)4;/h9-13H,5-8H2,1-4H3,(H,21,22,23);/q;+2. The Kier molecular flexibility index (Phi) is 12.1. The molecule has 0 bridgehead atoms. The van der Waals surface area contributed by atoms with E-state index < -0.39 is 27.0 Å². The van der Waals surface area contributed by atoms with Gasteiger partial charge in [-0.1, -0.05) is 27.7 Å². The topological polar surface area (TPSA) is 107 Å². The quantitative estimate of drug-likeness (QED) is 0.301. The Labute approximate surface area is 201 Å². The van der Waals surface area contributed by atoms with Crippen LogP contribution >= 0.6 is 0 Å². The first-order valence-electron chi connectivity index (χ1n) is 8.47. The molecule has 0 atom stereocenters. The second kappa shape index (κ2) is 12.3. The molecule has 7 nitrogen and oxygen atoms in total. The zero-order valence-electron chi connectivity index (χ0n) is 16.2. The molecule has 0 fully saturated rings. The maximum atomic E-state index is 12.1. The van der Waals surface area contributed by atoms with Gasteiger partial charge in [0, 0.05) is 0 Å². The van der Waals surface area contributed by atoms with Gasteiger partial charge in [0.05, 0.1) is 29.2 Å². The Morgan fingerprint density at radius 3 is 1.56 bits per heavy atom. The van der Waals surface area contributed by atoms with Crippen LogP contribution in [0.4, 0.5) is 0 Å². The van der Waals surface area contributed by atoms with Crippen molar-refractivity contribution in [3.8, 4) is 0 Å². The van der Waals surface area contributed by atoms with Gasteiger partial charge in [-0.2, -0.15) is 8.42 Å². The van der Waals surface area contributed by atoms with Crippen LogP contribution in [0.3, 0.4) is 0 Å². The first-order valence-corrected chi connectivity index (χ1v) is 9.91. The fraction of sp³-hybridized carbons (Fsp3) is 0.556. The van der Waals surface area contributed by atoms with E-state index in [2.05, 4.69) is 0 Å². The van der Waals surface area contributed by atoms with Crippen LogP contribution in [0, 0.1) is 11.8 Å². The van der Waals surface area contributed by atoms with Crippen LogP contribution in [0.25, 0.3) is 0 Å². The summed E-state index contributed by atoms with van der Waals surface area (Å²) in [6, 6.07) is 3.14. The summed E-state index contributed by atoms with van der Waals surface area (Å²) in [4.78, 5) is 23.7. The molecule has 1 N–H and O–H groups in total. The Hall–Kier alpha value is -0.359.